The summed E-state index contributed by atoms with van der Waals surface area (Å²) in [5.41, 5.74) is 2.60. The number of anilines is 2. The molecule has 2 aromatic rings. The van der Waals surface area contributed by atoms with E-state index >= 15 is 0 Å². The molecule has 3 rings (SSSR count). The van der Waals surface area contributed by atoms with E-state index in [1.165, 1.54) is 11.4 Å². The highest BCUT2D eigenvalue weighted by Crippen LogP contribution is 2.22. The number of benzene rings is 2. The van der Waals surface area contributed by atoms with Crippen molar-refractivity contribution in [3.05, 3.63) is 54.6 Å². The minimum absolute atomic E-state index is 0.914. The number of hydrogen-bond donors (Lipinski definition) is 0. The van der Waals surface area contributed by atoms with Crippen molar-refractivity contribution in [2.75, 3.05) is 43.1 Å². The third-order valence-corrected chi connectivity index (χ3v) is 3.84. The van der Waals surface area contributed by atoms with Crippen LogP contribution >= 0.6 is 0 Å². The molecule has 0 unspecified atom stereocenters. The quantitative estimate of drug-likeness (QED) is 0.851. The monoisotopic (exact) mass is 268 g/mol. The van der Waals surface area contributed by atoms with Crippen molar-refractivity contribution in [3.63, 3.8) is 0 Å². The smallest absolute Gasteiger partial charge is 0.119 e. The van der Waals surface area contributed by atoms with E-state index in [1.807, 2.05) is 12.1 Å². The summed E-state index contributed by atoms with van der Waals surface area (Å²) >= 11 is 0. The summed E-state index contributed by atoms with van der Waals surface area (Å²) in [4.78, 5) is 4.87. The van der Waals surface area contributed by atoms with Gasteiger partial charge in [0.25, 0.3) is 0 Å². The number of rotatable bonds is 3. The van der Waals surface area contributed by atoms with E-state index in [-0.39, 0.29) is 0 Å². The molecule has 1 aliphatic rings. The lowest BCUT2D eigenvalue weighted by atomic mass is 10.2. The fourth-order valence-corrected chi connectivity index (χ4v) is 2.65. The number of hydrogen-bond acceptors (Lipinski definition) is 3. The van der Waals surface area contributed by atoms with Crippen LogP contribution in [0, 0.1) is 0 Å². The van der Waals surface area contributed by atoms with Crippen molar-refractivity contribution in [3.8, 4) is 5.75 Å². The Kier molecular flexibility index (Phi) is 3.77. The standard InChI is InChI=1S/C17H20N2O/c1-20-17-9-7-16(8-10-17)19-13-11-18(12-14-19)15-5-3-2-4-6-15/h2-10H,11-14H2,1H3. The van der Waals surface area contributed by atoms with Gasteiger partial charge in [0.2, 0.25) is 0 Å². The topological polar surface area (TPSA) is 15.7 Å². The maximum atomic E-state index is 5.20. The third kappa shape index (κ3) is 2.72. The Morgan fingerprint density at radius 1 is 0.700 bits per heavy atom. The SMILES string of the molecule is COc1ccc(N2CCN(c3ccccc3)CC2)cc1. The van der Waals surface area contributed by atoms with Gasteiger partial charge in [0, 0.05) is 37.6 Å². The lowest BCUT2D eigenvalue weighted by Crippen LogP contribution is -2.46. The molecule has 0 atom stereocenters. The van der Waals surface area contributed by atoms with Gasteiger partial charge in [-0.2, -0.15) is 0 Å². The van der Waals surface area contributed by atoms with Gasteiger partial charge in [-0.15, -0.1) is 0 Å². The molecule has 0 amide bonds. The number of piperazine rings is 1. The van der Waals surface area contributed by atoms with Crippen LogP contribution in [0.25, 0.3) is 0 Å². The first kappa shape index (κ1) is 12.9. The van der Waals surface area contributed by atoms with Crippen molar-refractivity contribution in [2.45, 2.75) is 0 Å². The number of para-hydroxylation sites is 1. The number of nitrogens with zero attached hydrogens (tertiary/aromatic N) is 2. The molecule has 0 N–H and O–H groups in total. The molecule has 0 spiro atoms. The number of ether oxygens (including phenoxy) is 1. The minimum atomic E-state index is 0.914. The average molecular weight is 268 g/mol. The van der Waals surface area contributed by atoms with Gasteiger partial charge in [-0.3, -0.25) is 0 Å². The van der Waals surface area contributed by atoms with E-state index in [0.717, 1.165) is 31.9 Å². The van der Waals surface area contributed by atoms with Gasteiger partial charge in [-0.05, 0) is 36.4 Å². The lowest BCUT2D eigenvalue weighted by Gasteiger charge is -2.37. The summed E-state index contributed by atoms with van der Waals surface area (Å²) < 4.78 is 5.20. The first-order valence-corrected chi connectivity index (χ1v) is 7.06. The Labute approximate surface area is 120 Å². The first-order valence-electron chi connectivity index (χ1n) is 7.06. The molecule has 0 radical (unpaired) electrons. The van der Waals surface area contributed by atoms with Crippen LogP contribution in [0.3, 0.4) is 0 Å². The maximum Gasteiger partial charge on any atom is 0.119 e. The fourth-order valence-electron chi connectivity index (χ4n) is 2.65. The molecule has 1 fully saturated rings. The highest BCUT2D eigenvalue weighted by molar-refractivity contribution is 5.52. The zero-order chi connectivity index (χ0) is 13.8. The Balaban J connectivity index is 1.63. The summed E-state index contributed by atoms with van der Waals surface area (Å²) in [5, 5.41) is 0. The van der Waals surface area contributed by atoms with Gasteiger partial charge in [-0.25, -0.2) is 0 Å². The van der Waals surface area contributed by atoms with Crippen molar-refractivity contribution < 1.29 is 4.74 Å². The summed E-state index contributed by atoms with van der Waals surface area (Å²) in [5.74, 6) is 0.914. The molecule has 1 aliphatic heterocycles. The Bertz CT molecular complexity index is 531. The van der Waals surface area contributed by atoms with Crippen molar-refractivity contribution in [1.29, 1.82) is 0 Å². The van der Waals surface area contributed by atoms with Gasteiger partial charge in [-0.1, -0.05) is 18.2 Å². The van der Waals surface area contributed by atoms with E-state index < -0.39 is 0 Å². The van der Waals surface area contributed by atoms with E-state index in [0.29, 0.717) is 0 Å². The molecule has 0 aliphatic carbocycles. The van der Waals surface area contributed by atoms with Crippen molar-refractivity contribution in [2.24, 2.45) is 0 Å². The zero-order valence-electron chi connectivity index (χ0n) is 11.8. The van der Waals surface area contributed by atoms with Crippen molar-refractivity contribution in [1.82, 2.24) is 0 Å². The van der Waals surface area contributed by atoms with Gasteiger partial charge < -0.3 is 14.5 Å². The van der Waals surface area contributed by atoms with Gasteiger partial charge in [0.05, 0.1) is 7.11 Å². The van der Waals surface area contributed by atoms with Crippen LogP contribution in [-0.4, -0.2) is 33.3 Å². The summed E-state index contributed by atoms with van der Waals surface area (Å²) in [7, 11) is 1.70. The average Bonchev–Trinajstić information content (AvgIpc) is 2.56. The van der Waals surface area contributed by atoms with Gasteiger partial charge >= 0.3 is 0 Å². The Hall–Kier alpha value is -2.16. The predicted molar refractivity (Wildman–Crippen MR) is 83.9 cm³/mol. The maximum absolute atomic E-state index is 5.20. The number of methoxy groups -OCH3 is 1. The van der Waals surface area contributed by atoms with Crippen LogP contribution in [0.5, 0.6) is 5.75 Å². The second-order valence-electron chi connectivity index (χ2n) is 5.01. The van der Waals surface area contributed by atoms with E-state index in [2.05, 4.69) is 52.3 Å². The van der Waals surface area contributed by atoms with E-state index in [1.54, 1.807) is 7.11 Å². The molecular weight excluding hydrogens is 248 g/mol. The molecule has 2 aromatic carbocycles. The van der Waals surface area contributed by atoms with Gasteiger partial charge in [0.15, 0.2) is 0 Å². The first-order chi connectivity index (χ1) is 9.86. The molecule has 0 bridgehead atoms. The van der Waals surface area contributed by atoms with Crippen molar-refractivity contribution >= 4 is 11.4 Å². The predicted octanol–water partition coefficient (Wildman–Crippen LogP) is 3.02. The van der Waals surface area contributed by atoms with Crippen LogP contribution < -0.4 is 14.5 Å². The highest BCUT2D eigenvalue weighted by Gasteiger charge is 2.17. The summed E-state index contributed by atoms with van der Waals surface area (Å²) in [6, 6.07) is 19.0. The third-order valence-electron chi connectivity index (χ3n) is 3.84. The second-order valence-corrected chi connectivity index (χ2v) is 5.01. The minimum Gasteiger partial charge on any atom is -0.497 e. The van der Waals surface area contributed by atoms with Crippen LogP contribution in [0.2, 0.25) is 0 Å². The molecule has 1 heterocycles. The summed E-state index contributed by atoms with van der Waals surface area (Å²) in [6.45, 7) is 4.24. The molecule has 0 aromatic heterocycles. The second kappa shape index (κ2) is 5.87. The van der Waals surface area contributed by atoms with E-state index in [9.17, 15) is 0 Å². The molecule has 3 nitrogen and oxygen atoms in total. The molecule has 1 saturated heterocycles. The van der Waals surface area contributed by atoms with Crippen LogP contribution in [-0.2, 0) is 0 Å². The Morgan fingerprint density at radius 3 is 1.70 bits per heavy atom. The largest absolute Gasteiger partial charge is 0.497 e. The molecular formula is C17H20N2O. The normalized spacial score (nSPS) is 15.2. The molecule has 104 valence electrons. The van der Waals surface area contributed by atoms with E-state index in [4.69, 9.17) is 4.74 Å². The van der Waals surface area contributed by atoms with Gasteiger partial charge in [0.1, 0.15) is 5.75 Å². The fraction of sp³-hybridized carbons (Fsp3) is 0.294. The van der Waals surface area contributed by atoms with Crippen LogP contribution in [0.4, 0.5) is 11.4 Å². The molecule has 20 heavy (non-hydrogen) atoms. The zero-order valence-corrected chi connectivity index (χ0v) is 11.8. The Morgan fingerprint density at radius 2 is 1.20 bits per heavy atom. The highest BCUT2D eigenvalue weighted by atomic mass is 16.5. The lowest BCUT2D eigenvalue weighted by molar-refractivity contribution is 0.415. The molecule has 3 heteroatoms. The van der Waals surface area contributed by atoms with Crippen LogP contribution in [0.1, 0.15) is 0 Å². The summed E-state index contributed by atoms with van der Waals surface area (Å²) in [6.07, 6.45) is 0. The van der Waals surface area contributed by atoms with Crippen LogP contribution in [0.15, 0.2) is 54.6 Å². The molecule has 0 saturated carbocycles.